The van der Waals surface area contributed by atoms with Crippen LogP contribution in [-0.4, -0.2) is 11.9 Å². The van der Waals surface area contributed by atoms with Crippen molar-refractivity contribution < 1.29 is 37.3 Å². The summed E-state index contributed by atoms with van der Waals surface area (Å²) < 4.78 is 53.0. The van der Waals surface area contributed by atoms with E-state index in [-0.39, 0.29) is 24.0 Å². The van der Waals surface area contributed by atoms with Crippen molar-refractivity contribution in [2.75, 3.05) is 0 Å². The lowest BCUT2D eigenvalue weighted by molar-refractivity contribution is -0.0802. The average Bonchev–Trinajstić information content (AvgIpc) is 2.59. The minimum Gasteiger partial charge on any atom is -0.249 e. The summed E-state index contributed by atoms with van der Waals surface area (Å²) in [6.07, 6.45) is 2.34. The molecule has 1 rings (SSSR count). The Hall–Kier alpha value is -2.12. The molecule has 8 heteroatoms. The number of halogens is 4. The maximum Gasteiger partial charge on any atom is 0.382 e. The summed E-state index contributed by atoms with van der Waals surface area (Å²) in [6.45, 7) is 3.63. The van der Waals surface area contributed by atoms with E-state index < -0.39 is 34.7 Å². The normalized spacial score (nSPS) is 10.6. The van der Waals surface area contributed by atoms with E-state index in [9.17, 15) is 27.4 Å². The molecule has 0 unspecified atom stereocenters. The molecule has 0 amide bonds. The largest absolute Gasteiger partial charge is 0.382 e. The number of hydrogen-bond acceptors (Lipinski definition) is 4. The third kappa shape index (κ3) is 4.04. The van der Waals surface area contributed by atoms with Gasteiger partial charge in [0, 0.05) is 9.05 Å². The maximum atomic E-state index is 14.2. The van der Waals surface area contributed by atoms with Gasteiger partial charge in [-0.2, -0.15) is 0 Å². The van der Waals surface area contributed by atoms with E-state index in [1.807, 2.05) is 13.8 Å². The van der Waals surface area contributed by atoms with E-state index in [0.29, 0.717) is 25.7 Å². The standard InChI is InChI=1S/C16H18F4O4/c1-3-5-7-9-10(8-6-4-2)12(16(22)24-20)14(18)13(17)11(9)15(21)23-19/h3-8H2,1-2H3. The van der Waals surface area contributed by atoms with Gasteiger partial charge in [-0.3, -0.25) is 0 Å². The van der Waals surface area contributed by atoms with E-state index >= 15 is 0 Å². The van der Waals surface area contributed by atoms with Crippen molar-refractivity contribution in [2.45, 2.75) is 52.4 Å². The Labute approximate surface area is 136 Å². The third-order valence-electron chi connectivity index (χ3n) is 3.71. The van der Waals surface area contributed by atoms with Gasteiger partial charge in [-0.05, 0) is 36.8 Å². The Bertz CT molecular complexity index is 564. The molecule has 0 fully saturated rings. The molecule has 0 saturated heterocycles. The number of benzene rings is 1. The molecule has 24 heavy (non-hydrogen) atoms. The summed E-state index contributed by atoms with van der Waals surface area (Å²) in [5, 5.41) is 0. The molecule has 0 radical (unpaired) electrons. The highest BCUT2D eigenvalue weighted by molar-refractivity contribution is 5.96. The third-order valence-corrected chi connectivity index (χ3v) is 3.71. The van der Waals surface area contributed by atoms with Gasteiger partial charge >= 0.3 is 11.9 Å². The van der Waals surface area contributed by atoms with E-state index in [2.05, 4.69) is 9.88 Å². The first-order valence-electron chi connectivity index (χ1n) is 7.62. The Morgan fingerprint density at radius 1 is 0.792 bits per heavy atom. The summed E-state index contributed by atoms with van der Waals surface area (Å²) in [4.78, 5) is 29.2. The SMILES string of the molecule is CCCCc1c(CCCC)c(C(=O)OF)c(F)c(F)c1C(=O)OF. The quantitative estimate of drug-likeness (QED) is 0.636. The van der Waals surface area contributed by atoms with E-state index in [1.165, 1.54) is 0 Å². The maximum absolute atomic E-state index is 14.2. The first-order valence-corrected chi connectivity index (χ1v) is 7.62. The van der Waals surface area contributed by atoms with Gasteiger partial charge in [-0.1, -0.05) is 26.7 Å². The van der Waals surface area contributed by atoms with Crippen LogP contribution in [0.15, 0.2) is 0 Å². The van der Waals surface area contributed by atoms with Crippen molar-refractivity contribution in [3.05, 3.63) is 33.9 Å². The lowest BCUT2D eigenvalue weighted by Crippen LogP contribution is -2.19. The zero-order valence-corrected chi connectivity index (χ0v) is 13.4. The van der Waals surface area contributed by atoms with Gasteiger partial charge < -0.3 is 0 Å². The zero-order valence-electron chi connectivity index (χ0n) is 13.4. The summed E-state index contributed by atoms with van der Waals surface area (Å²) >= 11 is 0. The van der Waals surface area contributed by atoms with Crippen molar-refractivity contribution in [3.8, 4) is 0 Å². The van der Waals surface area contributed by atoms with Crippen LogP contribution in [0.4, 0.5) is 17.8 Å². The van der Waals surface area contributed by atoms with Crippen LogP contribution < -0.4 is 0 Å². The predicted molar refractivity (Wildman–Crippen MR) is 76.6 cm³/mol. The van der Waals surface area contributed by atoms with Crippen molar-refractivity contribution in [2.24, 2.45) is 0 Å². The Morgan fingerprint density at radius 3 is 1.38 bits per heavy atom. The molecule has 1 aromatic rings. The summed E-state index contributed by atoms with van der Waals surface area (Å²) in [5.74, 6) is -6.92. The minimum absolute atomic E-state index is 0.0627. The molecule has 0 aromatic heterocycles. The van der Waals surface area contributed by atoms with Crippen LogP contribution in [0.3, 0.4) is 0 Å². The van der Waals surface area contributed by atoms with Crippen LogP contribution in [0.25, 0.3) is 0 Å². The molecular weight excluding hydrogens is 332 g/mol. The molecule has 0 bridgehead atoms. The van der Waals surface area contributed by atoms with Crippen molar-refractivity contribution in [1.29, 1.82) is 0 Å². The fraction of sp³-hybridized carbons (Fsp3) is 0.500. The van der Waals surface area contributed by atoms with Gasteiger partial charge in [0.25, 0.3) is 0 Å². The molecule has 0 N–H and O–H groups in total. The fourth-order valence-electron chi connectivity index (χ4n) is 2.55. The Kier molecular flexibility index (Phi) is 7.67. The molecular formula is C16H18F4O4. The average molecular weight is 350 g/mol. The van der Waals surface area contributed by atoms with E-state index in [4.69, 9.17) is 0 Å². The fourth-order valence-corrected chi connectivity index (χ4v) is 2.55. The second-order valence-corrected chi connectivity index (χ2v) is 5.27. The summed E-state index contributed by atoms with van der Waals surface area (Å²) in [6, 6.07) is 0. The number of carbonyl (C=O) groups is 2. The van der Waals surface area contributed by atoms with Gasteiger partial charge in [-0.25, -0.2) is 28.3 Å². The number of unbranched alkanes of at least 4 members (excludes halogenated alkanes) is 2. The second kappa shape index (κ2) is 9.24. The Balaban J connectivity index is 3.75. The molecule has 134 valence electrons. The van der Waals surface area contributed by atoms with Crippen LogP contribution in [0.5, 0.6) is 0 Å². The lowest BCUT2D eigenvalue weighted by Gasteiger charge is -2.17. The van der Waals surface area contributed by atoms with Crippen molar-refractivity contribution in [1.82, 2.24) is 0 Å². The molecule has 0 heterocycles. The molecule has 0 saturated carbocycles. The lowest BCUT2D eigenvalue weighted by atomic mass is 9.88. The van der Waals surface area contributed by atoms with Gasteiger partial charge in [-0.15, -0.1) is 0 Å². The highest BCUT2D eigenvalue weighted by atomic mass is 19.3. The van der Waals surface area contributed by atoms with Crippen molar-refractivity contribution >= 4 is 11.9 Å². The topological polar surface area (TPSA) is 52.6 Å². The molecule has 0 aliphatic heterocycles. The monoisotopic (exact) mass is 350 g/mol. The van der Waals surface area contributed by atoms with E-state index in [1.54, 1.807) is 0 Å². The number of rotatable bonds is 8. The Morgan fingerprint density at radius 2 is 1.12 bits per heavy atom. The molecule has 0 atom stereocenters. The first kappa shape index (κ1) is 19.9. The minimum atomic E-state index is -1.76. The summed E-state index contributed by atoms with van der Waals surface area (Å²) in [7, 11) is 0. The number of carbonyl (C=O) groups excluding carboxylic acids is 2. The van der Waals surface area contributed by atoms with Crippen LogP contribution >= 0.6 is 0 Å². The first-order chi connectivity index (χ1) is 11.4. The predicted octanol–water partition coefficient (Wildman–Crippen LogP) is 4.73. The highest BCUT2D eigenvalue weighted by Gasteiger charge is 2.32. The van der Waals surface area contributed by atoms with Crippen molar-refractivity contribution in [3.63, 3.8) is 0 Å². The molecule has 1 aromatic carbocycles. The highest BCUT2D eigenvalue weighted by Crippen LogP contribution is 2.31. The van der Waals surface area contributed by atoms with Crippen LogP contribution in [0, 0.1) is 11.6 Å². The van der Waals surface area contributed by atoms with Crippen LogP contribution in [0.1, 0.15) is 71.4 Å². The van der Waals surface area contributed by atoms with E-state index in [0.717, 1.165) is 0 Å². The molecule has 0 aliphatic carbocycles. The second-order valence-electron chi connectivity index (χ2n) is 5.27. The van der Waals surface area contributed by atoms with Gasteiger partial charge in [0.15, 0.2) is 11.6 Å². The van der Waals surface area contributed by atoms with Gasteiger partial charge in [0.1, 0.15) is 11.1 Å². The summed E-state index contributed by atoms with van der Waals surface area (Å²) in [5.41, 5.74) is -1.95. The van der Waals surface area contributed by atoms with Crippen LogP contribution in [-0.2, 0) is 22.7 Å². The molecule has 0 aliphatic rings. The molecule has 4 nitrogen and oxygen atoms in total. The van der Waals surface area contributed by atoms with Crippen LogP contribution in [0.2, 0.25) is 0 Å². The van der Waals surface area contributed by atoms with Gasteiger partial charge in [0.2, 0.25) is 0 Å². The van der Waals surface area contributed by atoms with Gasteiger partial charge in [0.05, 0.1) is 0 Å². The molecule has 0 spiro atoms. The zero-order chi connectivity index (χ0) is 18.3. The smallest absolute Gasteiger partial charge is 0.249 e. The number of hydrogen-bond donors (Lipinski definition) is 0.